The largest absolute Gasteiger partial charge is 0.409 e. The molecule has 0 spiro atoms. The normalized spacial score (nSPS) is 39.3. The van der Waals surface area contributed by atoms with Crippen molar-refractivity contribution in [2.45, 2.75) is 87.0 Å². The van der Waals surface area contributed by atoms with Crippen LogP contribution >= 0.6 is 11.6 Å². The molecule has 0 radical (unpaired) electrons. The number of hydrazine groups is 1. The summed E-state index contributed by atoms with van der Waals surface area (Å²) >= 11 is 6.32. The Morgan fingerprint density at radius 1 is 1.11 bits per heavy atom. The van der Waals surface area contributed by atoms with E-state index in [0.29, 0.717) is 37.8 Å². The lowest BCUT2D eigenvalue weighted by Gasteiger charge is -2.53. The summed E-state index contributed by atoms with van der Waals surface area (Å²) < 4.78 is 65.3. The number of carbonyl (C=O) groups is 1. The van der Waals surface area contributed by atoms with Crippen molar-refractivity contribution in [1.82, 2.24) is 25.6 Å². The fourth-order valence-corrected chi connectivity index (χ4v) is 8.85. The van der Waals surface area contributed by atoms with E-state index in [-0.39, 0.29) is 29.2 Å². The van der Waals surface area contributed by atoms with Crippen LogP contribution in [0.15, 0.2) is 0 Å². The standard InChI is InChI=1S/C22H35ClF3N5O3S/c1-29(21(32)14-11-35(33,34)12-14)20(22(24,25)26)13-4-6-15(7-5-13)30-8-2-3-16-17(30)10-27-19-9-18(23)28-31(16)19/h13-20,27-28H,2-12H2,1H3/t13?,15?,16?,17?,18?,19?,20-/m0/s1. The highest BCUT2D eigenvalue weighted by atomic mass is 35.5. The molecule has 1 aliphatic carbocycles. The van der Waals surface area contributed by atoms with Crippen molar-refractivity contribution >= 4 is 27.3 Å². The highest BCUT2D eigenvalue weighted by molar-refractivity contribution is 7.92. The second-order valence-electron chi connectivity index (χ2n) is 11.0. The zero-order valence-corrected chi connectivity index (χ0v) is 21.5. The Hall–Kier alpha value is -0.660. The first-order valence-electron chi connectivity index (χ1n) is 12.7. The molecule has 0 aromatic rings. The number of amides is 1. The Morgan fingerprint density at radius 3 is 2.43 bits per heavy atom. The zero-order valence-electron chi connectivity index (χ0n) is 19.9. The van der Waals surface area contributed by atoms with E-state index >= 15 is 0 Å². The maximum absolute atomic E-state index is 14.1. The van der Waals surface area contributed by atoms with Crippen molar-refractivity contribution in [3.8, 4) is 0 Å². The summed E-state index contributed by atoms with van der Waals surface area (Å²) in [6.45, 7) is 1.79. The number of fused-ring (bicyclic) bond motifs is 3. The molecule has 200 valence electrons. The number of hydrogen-bond donors (Lipinski definition) is 2. The summed E-state index contributed by atoms with van der Waals surface area (Å²) in [4.78, 5) is 15.9. The fraction of sp³-hybridized carbons (Fsp3) is 0.955. The smallest absolute Gasteiger partial charge is 0.333 e. The molecule has 5 aliphatic rings. The van der Waals surface area contributed by atoms with E-state index in [9.17, 15) is 26.4 Å². The van der Waals surface area contributed by atoms with Crippen LogP contribution in [0.3, 0.4) is 0 Å². The van der Waals surface area contributed by atoms with Crippen LogP contribution in [0.5, 0.6) is 0 Å². The van der Waals surface area contributed by atoms with E-state index in [1.165, 1.54) is 7.05 Å². The summed E-state index contributed by atoms with van der Waals surface area (Å²) in [6.07, 6.45) is 0.745. The number of piperidine rings is 1. The van der Waals surface area contributed by atoms with Crippen molar-refractivity contribution in [1.29, 1.82) is 0 Å². The number of alkyl halides is 4. The predicted molar refractivity (Wildman–Crippen MR) is 125 cm³/mol. The molecule has 8 nitrogen and oxygen atoms in total. The Kier molecular flexibility index (Phi) is 7.11. The molecule has 0 bridgehead atoms. The van der Waals surface area contributed by atoms with E-state index in [1.54, 1.807) is 0 Å². The number of carbonyl (C=O) groups excluding carboxylic acids is 1. The molecular weight excluding hydrogens is 507 g/mol. The molecule has 4 heterocycles. The first kappa shape index (κ1) is 26.0. The number of sulfone groups is 1. The molecule has 5 fully saturated rings. The van der Waals surface area contributed by atoms with Crippen LogP contribution < -0.4 is 10.7 Å². The summed E-state index contributed by atoms with van der Waals surface area (Å²) in [5.74, 6) is -2.94. The monoisotopic (exact) mass is 541 g/mol. The van der Waals surface area contributed by atoms with E-state index in [0.717, 1.165) is 37.3 Å². The van der Waals surface area contributed by atoms with Crippen LogP contribution in [0.1, 0.15) is 44.9 Å². The second-order valence-corrected chi connectivity index (χ2v) is 13.6. The third-order valence-corrected chi connectivity index (χ3v) is 10.9. The Balaban J connectivity index is 1.22. The van der Waals surface area contributed by atoms with Gasteiger partial charge >= 0.3 is 6.18 Å². The number of likely N-dealkylation sites (tertiary alicyclic amines) is 1. The molecule has 13 heteroatoms. The lowest BCUT2D eigenvalue weighted by molar-refractivity contribution is -0.202. The van der Waals surface area contributed by atoms with E-state index < -0.39 is 39.8 Å². The van der Waals surface area contributed by atoms with Gasteiger partial charge in [-0.05, 0) is 51.0 Å². The highest BCUT2D eigenvalue weighted by Crippen LogP contribution is 2.41. The lowest BCUT2D eigenvalue weighted by atomic mass is 9.78. The molecule has 5 atom stereocenters. The predicted octanol–water partition coefficient (Wildman–Crippen LogP) is 1.52. The first-order valence-corrected chi connectivity index (χ1v) is 14.9. The molecule has 1 amide bonds. The van der Waals surface area contributed by atoms with Gasteiger partial charge in [0.15, 0.2) is 9.84 Å². The molecule has 4 aliphatic heterocycles. The summed E-state index contributed by atoms with van der Waals surface area (Å²) in [5.41, 5.74) is 3.29. The molecule has 35 heavy (non-hydrogen) atoms. The van der Waals surface area contributed by atoms with E-state index in [1.807, 2.05) is 0 Å². The minimum absolute atomic E-state index is 0.0869. The van der Waals surface area contributed by atoms with Crippen LogP contribution in [-0.4, -0.2) is 103 Å². The van der Waals surface area contributed by atoms with Crippen LogP contribution in [-0.2, 0) is 14.6 Å². The maximum Gasteiger partial charge on any atom is 0.409 e. The van der Waals surface area contributed by atoms with Gasteiger partial charge in [-0.25, -0.2) is 18.9 Å². The zero-order chi connectivity index (χ0) is 25.1. The SMILES string of the molecule is CN(C(=O)C1CS(=O)(=O)C1)[C@@H](C1CCC(N2CCCC3C2CNC2CC(Cl)NN23)CC1)C(F)(F)F. The molecular formula is C22H35ClF3N5O3S. The Labute approximate surface area is 209 Å². The van der Waals surface area contributed by atoms with Crippen molar-refractivity contribution in [2.24, 2.45) is 11.8 Å². The highest BCUT2D eigenvalue weighted by Gasteiger charge is 2.53. The van der Waals surface area contributed by atoms with Crippen molar-refractivity contribution < 1.29 is 26.4 Å². The Bertz CT molecular complexity index is 905. The van der Waals surface area contributed by atoms with Crippen molar-refractivity contribution in [2.75, 3.05) is 31.6 Å². The van der Waals surface area contributed by atoms with E-state index in [2.05, 4.69) is 20.7 Å². The van der Waals surface area contributed by atoms with Gasteiger partial charge < -0.3 is 4.90 Å². The van der Waals surface area contributed by atoms with Gasteiger partial charge in [0.25, 0.3) is 0 Å². The van der Waals surface area contributed by atoms with Crippen molar-refractivity contribution in [3.05, 3.63) is 0 Å². The summed E-state index contributed by atoms with van der Waals surface area (Å²) in [5, 5.41) is 5.84. The van der Waals surface area contributed by atoms with Crippen LogP contribution in [0.4, 0.5) is 13.2 Å². The third-order valence-electron chi connectivity index (χ3n) is 8.78. The van der Waals surface area contributed by atoms with Gasteiger partial charge in [0.05, 0.1) is 29.1 Å². The van der Waals surface area contributed by atoms with Gasteiger partial charge in [0.2, 0.25) is 5.91 Å². The molecule has 1 saturated carbocycles. The van der Waals surface area contributed by atoms with Crippen molar-refractivity contribution in [3.63, 3.8) is 0 Å². The van der Waals surface area contributed by atoms with Gasteiger partial charge in [-0.1, -0.05) is 0 Å². The van der Waals surface area contributed by atoms with Gasteiger partial charge in [0.1, 0.15) is 6.04 Å². The summed E-state index contributed by atoms with van der Waals surface area (Å²) in [6, 6.07) is -1.03. The second kappa shape index (κ2) is 9.58. The average Bonchev–Trinajstić information content (AvgIpc) is 3.17. The summed E-state index contributed by atoms with van der Waals surface area (Å²) in [7, 11) is -2.10. The minimum Gasteiger partial charge on any atom is -0.333 e. The molecule has 4 saturated heterocycles. The maximum atomic E-state index is 14.1. The Morgan fingerprint density at radius 2 is 1.80 bits per heavy atom. The average molecular weight is 542 g/mol. The quantitative estimate of drug-likeness (QED) is 0.412. The topological polar surface area (TPSA) is 85.0 Å². The number of rotatable bonds is 4. The lowest BCUT2D eigenvalue weighted by Crippen LogP contribution is -2.70. The van der Waals surface area contributed by atoms with Gasteiger partial charge in [-0.15, -0.1) is 11.6 Å². The molecule has 0 aromatic heterocycles. The molecule has 5 rings (SSSR count). The van der Waals surface area contributed by atoms with E-state index in [4.69, 9.17) is 11.6 Å². The van der Waals surface area contributed by atoms with Gasteiger partial charge in [0, 0.05) is 38.1 Å². The van der Waals surface area contributed by atoms with Gasteiger partial charge in [-0.2, -0.15) is 13.2 Å². The fourth-order valence-electron chi connectivity index (χ4n) is 7.16. The first-order chi connectivity index (χ1) is 16.4. The number of nitrogens with one attached hydrogen (secondary N) is 2. The van der Waals surface area contributed by atoms with Crippen LogP contribution in [0, 0.1) is 11.8 Å². The molecule has 2 N–H and O–H groups in total. The number of halogens is 4. The number of nitrogens with zero attached hydrogens (tertiary/aromatic N) is 3. The minimum atomic E-state index is -4.55. The van der Waals surface area contributed by atoms with Crippen LogP contribution in [0.25, 0.3) is 0 Å². The third kappa shape index (κ3) is 5.07. The van der Waals surface area contributed by atoms with Crippen LogP contribution in [0.2, 0.25) is 0 Å². The molecule has 4 unspecified atom stereocenters. The number of hydrogen-bond acceptors (Lipinski definition) is 7. The molecule has 0 aromatic carbocycles. The van der Waals surface area contributed by atoms with Gasteiger partial charge in [-0.3, -0.25) is 15.0 Å².